The van der Waals surface area contributed by atoms with Crippen LogP contribution in [0.25, 0.3) is 0 Å². The van der Waals surface area contributed by atoms with E-state index in [1.54, 1.807) is 20.8 Å². The number of carboxylic acid groups (broad SMARTS) is 1. The Morgan fingerprint density at radius 2 is 2.29 bits per heavy atom. The maximum Gasteiger partial charge on any atom is 0.315 e. The van der Waals surface area contributed by atoms with Crippen molar-refractivity contribution in [3.8, 4) is 0 Å². The van der Waals surface area contributed by atoms with Gasteiger partial charge in [-0.15, -0.1) is 0 Å². The molecule has 7 heteroatoms. The number of carbonyl (C=O) groups is 1. The average molecular weight is 260 g/mol. The van der Waals surface area contributed by atoms with E-state index in [0.29, 0.717) is 0 Å². The first-order chi connectivity index (χ1) is 7.82. The minimum absolute atomic E-state index is 0.0361. The van der Waals surface area contributed by atoms with Crippen molar-refractivity contribution >= 4 is 17.0 Å². The molecule has 1 aromatic rings. The zero-order valence-electron chi connectivity index (χ0n) is 9.97. The molecule has 0 aliphatic rings. The van der Waals surface area contributed by atoms with Crippen molar-refractivity contribution in [1.82, 2.24) is 9.71 Å². The van der Waals surface area contributed by atoms with Gasteiger partial charge in [0.25, 0.3) is 0 Å². The Morgan fingerprint density at radius 1 is 1.65 bits per heavy atom. The monoisotopic (exact) mass is 260 g/mol. The summed E-state index contributed by atoms with van der Waals surface area (Å²) in [6.45, 7) is 5.45. The van der Waals surface area contributed by atoms with E-state index in [1.165, 1.54) is 12.6 Å². The van der Waals surface area contributed by atoms with Gasteiger partial charge in [0.05, 0.1) is 21.9 Å². The van der Waals surface area contributed by atoms with E-state index in [-0.39, 0.29) is 12.3 Å². The van der Waals surface area contributed by atoms with Crippen LogP contribution in [0.5, 0.6) is 0 Å². The third kappa shape index (κ3) is 3.94. The Balaban J connectivity index is 2.65. The SMILES string of the molecule is CC(C)(C)[S@@](=O)NCC(C(=O)O)c1cnco1. The van der Waals surface area contributed by atoms with Crippen LogP contribution < -0.4 is 4.72 Å². The van der Waals surface area contributed by atoms with Gasteiger partial charge in [0.1, 0.15) is 11.7 Å². The van der Waals surface area contributed by atoms with E-state index in [1.807, 2.05) is 0 Å². The molecule has 2 N–H and O–H groups in total. The standard InChI is InChI=1S/C10H16N2O4S/c1-10(2,3)17(15)12-4-7(9(13)14)8-5-11-6-16-8/h5-7,12H,4H2,1-3H3,(H,13,14)/t7?,17-/m1/s1. The quantitative estimate of drug-likeness (QED) is 0.820. The van der Waals surface area contributed by atoms with Gasteiger partial charge in [-0.25, -0.2) is 13.9 Å². The molecule has 0 bridgehead atoms. The molecule has 0 fully saturated rings. The molecule has 0 saturated carbocycles. The second kappa shape index (κ2) is 5.42. The summed E-state index contributed by atoms with van der Waals surface area (Å²) in [6, 6.07) is 0. The largest absolute Gasteiger partial charge is 0.481 e. The molecule has 6 nitrogen and oxygen atoms in total. The van der Waals surface area contributed by atoms with E-state index in [4.69, 9.17) is 9.52 Å². The number of aliphatic carboxylic acids is 1. The Labute approximate surface area is 102 Å². The van der Waals surface area contributed by atoms with Gasteiger partial charge in [0, 0.05) is 6.54 Å². The Kier molecular flexibility index (Phi) is 4.41. The van der Waals surface area contributed by atoms with Gasteiger partial charge in [-0.2, -0.15) is 0 Å². The van der Waals surface area contributed by atoms with Crippen molar-refractivity contribution in [2.24, 2.45) is 0 Å². The van der Waals surface area contributed by atoms with Crippen LogP contribution >= 0.6 is 0 Å². The molecular formula is C10H16N2O4S. The normalized spacial score (nSPS) is 15.5. The number of carboxylic acids is 1. The summed E-state index contributed by atoms with van der Waals surface area (Å²) in [5.41, 5.74) is 0. The first-order valence-electron chi connectivity index (χ1n) is 5.09. The molecule has 0 aromatic carbocycles. The second-order valence-corrected chi connectivity index (χ2v) is 6.58. The predicted molar refractivity (Wildman–Crippen MR) is 62.8 cm³/mol. The first-order valence-corrected chi connectivity index (χ1v) is 6.24. The first kappa shape index (κ1) is 13.9. The molecule has 0 radical (unpaired) electrons. The third-order valence-electron chi connectivity index (χ3n) is 2.07. The fourth-order valence-electron chi connectivity index (χ4n) is 1.08. The van der Waals surface area contributed by atoms with Crippen LogP contribution in [-0.2, 0) is 15.8 Å². The zero-order chi connectivity index (χ0) is 13.1. The lowest BCUT2D eigenvalue weighted by Gasteiger charge is -2.19. The highest BCUT2D eigenvalue weighted by molar-refractivity contribution is 7.84. The Morgan fingerprint density at radius 3 is 2.71 bits per heavy atom. The van der Waals surface area contributed by atoms with Crippen molar-refractivity contribution in [2.75, 3.05) is 6.54 Å². The smallest absolute Gasteiger partial charge is 0.315 e. The van der Waals surface area contributed by atoms with Crippen LogP contribution in [0.15, 0.2) is 17.0 Å². The number of nitrogens with zero attached hydrogens (tertiary/aromatic N) is 1. The lowest BCUT2D eigenvalue weighted by atomic mass is 10.1. The number of oxazole rings is 1. The van der Waals surface area contributed by atoms with Crippen LogP contribution in [0.4, 0.5) is 0 Å². The fraction of sp³-hybridized carbons (Fsp3) is 0.600. The predicted octanol–water partition coefficient (Wildman–Crippen LogP) is 0.895. The molecule has 1 unspecified atom stereocenters. The van der Waals surface area contributed by atoms with Gasteiger partial charge in [-0.1, -0.05) is 0 Å². The van der Waals surface area contributed by atoms with Crippen LogP contribution in [0.2, 0.25) is 0 Å². The summed E-state index contributed by atoms with van der Waals surface area (Å²) >= 11 is 0. The number of hydrogen-bond donors (Lipinski definition) is 2. The van der Waals surface area contributed by atoms with Crippen molar-refractivity contribution in [3.05, 3.63) is 18.4 Å². The maximum absolute atomic E-state index is 11.7. The summed E-state index contributed by atoms with van der Waals surface area (Å²) in [4.78, 5) is 14.7. The van der Waals surface area contributed by atoms with E-state index in [2.05, 4.69) is 9.71 Å². The molecule has 0 amide bonds. The van der Waals surface area contributed by atoms with E-state index in [9.17, 15) is 9.00 Å². The molecule has 1 heterocycles. The van der Waals surface area contributed by atoms with Gasteiger partial charge in [0.15, 0.2) is 6.39 Å². The molecule has 17 heavy (non-hydrogen) atoms. The average Bonchev–Trinajstić information content (AvgIpc) is 2.69. The molecule has 1 aromatic heterocycles. The number of hydrogen-bond acceptors (Lipinski definition) is 4. The van der Waals surface area contributed by atoms with Gasteiger partial charge in [0.2, 0.25) is 0 Å². The van der Waals surface area contributed by atoms with Gasteiger partial charge in [-0.3, -0.25) is 4.79 Å². The summed E-state index contributed by atoms with van der Waals surface area (Å²) < 4.78 is 18.9. The van der Waals surface area contributed by atoms with Gasteiger partial charge in [-0.05, 0) is 20.8 Å². The molecule has 2 atom stereocenters. The lowest BCUT2D eigenvalue weighted by molar-refractivity contribution is -0.139. The van der Waals surface area contributed by atoms with Gasteiger partial charge >= 0.3 is 5.97 Å². The van der Waals surface area contributed by atoms with Crippen LogP contribution in [0.3, 0.4) is 0 Å². The van der Waals surface area contributed by atoms with Crippen LogP contribution in [0.1, 0.15) is 32.4 Å². The van der Waals surface area contributed by atoms with Crippen molar-refractivity contribution in [2.45, 2.75) is 31.4 Å². The number of nitrogens with one attached hydrogen (secondary N) is 1. The zero-order valence-corrected chi connectivity index (χ0v) is 10.8. The number of rotatable bonds is 5. The molecule has 1 rings (SSSR count). The van der Waals surface area contributed by atoms with Crippen LogP contribution in [0, 0.1) is 0 Å². The highest BCUT2D eigenvalue weighted by Crippen LogP contribution is 2.16. The lowest BCUT2D eigenvalue weighted by Crippen LogP contribution is -2.37. The van der Waals surface area contributed by atoms with E-state index >= 15 is 0 Å². The minimum Gasteiger partial charge on any atom is -0.481 e. The Bertz CT molecular complexity index is 397. The second-order valence-electron chi connectivity index (χ2n) is 4.52. The molecule has 0 saturated heterocycles. The van der Waals surface area contributed by atoms with Gasteiger partial charge < -0.3 is 9.52 Å². The molecule has 0 aliphatic heterocycles. The fourth-order valence-corrected chi connectivity index (χ4v) is 1.83. The topological polar surface area (TPSA) is 92.4 Å². The van der Waals surface area contributed by atoms with Crippen molar-refractivity contribution < 1.29 is 18.5 Å². The summed E-state index contributed by atoms with van der Waals surface area (Å²) in [7, 11) is -1.31. The molecule has 0 aliphatic carbocycles. The highest BCUT2D eigenvalue weighted by Gasteiger charge is 2.26. The highest BCUT2D eigenvalue weighted by atomic mass is 32.2. The minimum atomic E-state index is -1.31. The van der Waals surface area contributed by atoms with Crippen molar-refractivity contribution in [3.63, 3.8) is 0 Å². The van der Waals surface area contributed by atoms with E-state index in [0.717, 1.165) is 0 Å². The number of aromatic nitrogens is 1. The summed E-state index contributed by atoms with van der Waals surface area (Å²) in [5, 5.41) is 9.03. The molecular weight excluding hydrogens is 244 g/mol. The third-order valence-corrected chi connectivity index (χ3v) is 3.61. The summed E-state index contributed by atoms with van der Waals surface area (Å²) in [5.74, 6) is -1.68. The van der Waals surface area contributed by atoms with Crippen molar-refractivity contribution in [1.29, 1.82) is 0 Å². The summed E-state index contributed by atoms with van der Waals surface area (Å²) in [6.07, 6.45) is 2.52. The van der Waals surface area contributed by atoms with E-state index < -0.39 is 27.6 Å². The maximum atomic E-state index is 11.7. The molecule has 0 spiro atoms. The molecule has 96 valence electrons. The van der Waals surface area contributed by atoms with Crippen LogP contribution in [-0.4, -0.2) is 31.6 Å². The Hall–Kier alpha value is -1.21.